The van der Waals surface area contributed by atoms with E-state index in [0.717, 1.165) is 47.1 Å². The van der Waals surface area contributed by atoms with Crippen molar-refractivity contribution in [1.82, 2.24) is 9.80 Å². The van der Waals surface area contributed by atoms with Gasteiger partial charge in [-0.1, -0.05) is 48.6 Å². The molecule has 4 aliphatic heterocycles. The van der Waals surface area contributed by atoms with Crippen LogP contribution in [0.1, 0.15) is 89.5 Å². The van der Waals surface area contributed by atoms with Gasteiger partial charge in [-0.05, 0) is 132 Å². The van der Waals surface area contributed by atoms with Gasteiger partial charge >= 0.3 is 20.4 Å². The highest BCUT2D eigenvalue weighted by Crippen LogP contribution is 2.46. The monoisotopic (exact) mass is 692 g/mol. The summed E-state index contributed by atoms with van der Waals surface area (Å²) in [7, 11) is 1.13. The van der Waals surface area contributed by atoms with Crippen LogP contribution in [-0.2, 0) is 18.6 Å². The first-order chi connectivity index (χ1) is 23.3. The standard InChI is InChI=1S/C39H53B2F3N2O4/c1-27-22-31(14-16-33(27)29-12-10-20-45(9)24-29)40-47-35(3,4)37(7,49-40)18-19-38(8)36(5,6)48-41(50-38)32-15-17-34(28(2)23-32)30-13-11-21-46(25-30)26-39(42,43)44/h12-17,22-23H,10-11,18-21,24-26H2,1-9H3. The van der Waals surface area contributed by atoms with Crippen molar-refractivity contribution >= 4 is 36.3 Å². The molecule has 270 valence electrons. The number of rotatable bonds is 8. The molecule has 6 rings (SSSR count). The molecule has 2 aromatic carbocycles. The van der Waals surface area contributed by atoms with E-state index in [1.807, 2.05) is 25.1 Å². The Morgan fingerprint density at radius 3 is 1.58 bits per heavy atom. The molecular formula is C39H53B2F3N2O4. The predicted octanol–water partition coefficient (Wildman–Crippen LogP) is 6.71. The quantitative estimate of drug-likeness (QED) is 0.287. The van der Waals surface area contributed by atoms with Gasteiger partial charge < -0.3 is 23.5 Å². The van der Waals surface area contributed by atoms with Gasteiger partial charge in [0.25, 0.3) is 0 Å². The maximum Gasteiger partial charge on any atom is 0.494 e. The van der Waals surface area contributed by atoms with Crippen LogP contribution in [0.3, 0.4) is 0 Å². The lowest BCUT2D eigenvalue weighted by Gasteiger charge is -2.42. The van der Waals surface area contributed by atoms with Gasteiger partial charge in [0, 0.05) is 26.2 Å². The minimum atomic E-state index is -4.21. The van der Waals surface area contributed by atoms with Crippen LogP contribution in [0.5, 0.6) is 0 Å². The Kier molecular flexibility index (Phi) is 10.1. The molecule has 0 aromatic heterocycles. The van der Waals surface area contributed by atoms with Gasteiger partial charge in [0.05, 0.1) is 28.9 Å². The number of alkyl halides is 3. The first-order valence-corrected chi connectivity index (χ1v) is 18.1. The van der Waals surface area contributed by atoms with Gasteiger partial charge in [-0.3, -0.25) is 4.90 Å². The van der Waals surface area contributed by atoms with Crippen molar-refractivity contribution in [3.05, 3.63) is 70.8 Å². The summed E-state index contributed by atoms with van der Waals surface area (Å²) < 4.78 is 66.0. The third-order valence-electron chi connectivity index (χ3n) is 11.9. The van der Waals surface area contributed by atoms with E-state index in [1.165, 1.54) is 21.6 Å². The minimum Gasteiger partial charge on any atom is -0.399 e. The Morgan fingerprint density at radius 1 is 0.680 bits per heavy atom. The topological polar surface area (TPSA) is 43.4 Å². The fourth-order valence-electron chi connectivity index (χ4n) is 7.92. The molecule has 4 heterocycles. The fourth-order valence-corrected chi connectivity index (χ4v) is 7.92. The Bertz CT molecular complexity index is 1660. The molecule has 50 heavy (non-hydrogen) atoms. The molecule has 0 bridgehead atoms. The van der Waals surface area contributed by atoms with Crippen LogP contribution in [0, 0.1) is 13.8 Å². The second-order valence-electron chi connectivity index (χ2n) is 16.4. The van der Waals surface area contributed by atoms with E-state index in [2.05, 4.69) is 90.8 Å². The highest BCUT2D eigenvalue weighted by Gasteiger charge is 2.59. The van der Waals surface area contributed by atoms with Crippen molar-refractivity contribution in [2.24, 2.45) is 0 Å². The van der Waals surface area contributed by atoms with Crippen LogP contribution in [0.2, 0.25) is 0 Å². The van der Waals surface area contributed by atoms with Crippen LogP contribution in [-0.4, -0.2) is 92.4 Å². The SMILES string of the molecule is Cc1cc(B2OC(C)(C)C(C)(CCC3(C)OB(c4ccc(C5=CCCN(CC(F)(F)F)C5)c(C)c4)OC3(C)C)O2)ccc1C1=CCCN(C)C1. The number of aryl methyl sites for hydroxylation is 2. The molecule has 4 aliphatic rings. The molecule has 0 amide bonds. The highest BCUT2D eigenvalue weighted by molar-refractivity contribution is 6.62. The van der Waals surface area contributed by atoms with Crippen LogP contribution in [0.4, 0.5) is 13.2 Å². The summed E-state index contributed by atoms with van der Waals surface area (Å²) in [5.41, 5.74) is 6.35. The summed E-state index contributed by atoms with van der Waals surface area (Å²) in [4.78, 5) is 3.82. The van der Waals surface area contributed by atoms with Crippen molar-refractivity contribution in [3.8, 4) is 0 Å². The second-order valence-corrected chi connectivity index (χ2v) is 16.4. The van der Waals surface area contributed by atoms with Gasteiger partial charge in [0.15, 0.2) is 0 Å². The molecule has 2 saturated heterocycles. The van der Waals surface area contributed by atoms with E-state index < -0.39 is 49.4 Å². The second kappa shape index (κ2) is 13.5. The molecule has 2 atom stereocenters. The van der Waals surface area contributed by atoms with E-state index >= 15 is 0 Å². The molecule has 0 N–H and O–H groups in total. The van der Waals surface area contributed by atoms with Crippen molar-refractivity contribution < 1.29 is 31.8 Å². The smallest absolute Gasteiger partial charge is 0.399 e. The van der Waals surface area contributed by atoms with E-state index in [9.17, 15) is 13.2 Å². The summed E-state index contributed by atoms with van der Waals surface area (Å²) in [6.45, 7) is 18.6. The molecule has 2 fully saturated rings. The predicted molar refractivity (Wildman–Crippen MR) is 197 cm³/mol. The average molecular weight is 692 g/mol. The summed E-state index contributed by atoms with van der Waals surface area (Å²) in [5, 5.41) is 0. The summed E-state index contributed by atoms with van der Waals surface area (Å²) in [6.07, 6.45) is 3.26. The Morgan fingerprint density at radius 2 is 1.14 bits per heavy atom. The molecule has 6 nitrogen and oxygen atoms in total. The van der Waals surface area contributed by atoms with Gasteiger partial charge in [-0.25, -0.2) is 0 Å². The Hall–Kier alpha value is -2.40. The molecule has 0 aliphatic carbocycles. The third kappa shape index (κ3) is 7.55. The van der Waals surface area contributed by atoms with Gasteiger partial charge in [-0.2, -0.15) is 13.2 Å². The van der Waals surface area contributed by atoms with Crippen molar-refractivity contribution in [2.45, 2.75) is 110 Å². The lowest BCUT2D eigenvalue weighted by atomic mass is 9.76. The van der Waals surface area contributed by atoms with Crippen LogP contribution in [0.25, 0.3) is 11.1 Å². The zero-order valence-electron chi connectivity index (χ0n) is 31.3. The van der Waals surface area contributed by atoms with Gasteiger partial charge in [0.2, 0.25) is 0 Å². The van der Waals surface area contributed by atoms with E-state index in [-0.39, 0.29) is 6.54 Å². The molecule has 11 heteroatoms. The largest absolute Gasteiger partial charge is 0.494 e. The number of benzene rings is 2. The van der Waals surface area contributed by atoms with Crippen molar-refractivity contribution in [3.63, 3.8) is 0 Å². The average Bonchev–Trinajstić information content (AvgIpc) is 3.41. The van der Waals surface area contributed by atoms with E-state index in [0.29, 0.717) is 25.8 Å². The Balaban J connectivity index is 1.12. The van der Waals surface area contributed by atoms with E-state index in [1.54, 1.807) is 0 Å². The fraction of sp³-hybridized carbons (Fsp3) is 0.590. The van der Waals surface area contributed by atoms with Gasteiger partial charge in [-0.15, -0.1) is 0 Å². The lowest BCUT2D eigenvalue weighted by Crippen LogP contribution is -2.50. The first-order valence-electron chi connectivity index (χ1n) is 18.1. The van der Waals surface area contributed by atoms with Crippen LogP contribution < -0.4 is 10.9 Å². The molecule has 0 radical (unpaired) electrons. The lowest BCUT2D eigenvalue weighted by molar-refractivity contribution is -0.144. The first kappa shape index (κ1) is 37.4. The van der Waals surface area contributed by atoms with Gasteiger partial charge in [0.1, 0.15) is 0 Å². The summed E-state index contributed by atoms with van der Waals surface area (Å²) >= 11 is 0. The highest BCUT2D eigenvalue weighted by atomic mass is 19.4. The third-order valence-corrected chi connectivity index (χ3v) is 11.9. The maximum atomic E-state index is 13.1. The van der Waals surface area contributed by atoms with Crippen LogP contribution >= 0.6 is 0 Å². The van der Waals surface area contributed by atoms with Crippen molar-refractivity contribution in [1.29, 1.82) is 0 Å². The normalized spacial score (nSPS) is 27.5. The summed E-state index contributed by atoms with van der Waals surface area (Å²) in [5.74, 6) is 0. The zero-order valence-corrected chi connectivity index (χ0v) is 31.3. The summed E-state index contributed by atoms with van der Waals surface area (Å²) in [6, 6.07) is 12.6. The molecular weight excluding hydrogens is 639 g/mol. The number of hydrogen-bond acceptors (Lipinski definition) is 6. The zero-order chi connectivity index (χ0) is 36.3. The van der Waals surface area contributed by atoms with Crippen molar-refractivity contribution in [2.75, 3.05) is 39.8 Å². The molecule has 2 aromatic rings. The number of nitrogens with zero attached hydrogens (tertiary/aromatic N) is 2. The number of halogens is 3. The number of likely N-dealkylation sites (N-methyl/N-ethyl adjacent to an activating group) is 1. The molecule has 0 spiro atoms. The Labute approximate surface area is 297 Å². The minimum absolute atomic E-state index is 0.282. The van der Waals surface area contributed by atoms with Crippen LogP contribution in [0.15, 0.2) is 48.6 Å². The van der Waals surface area contributed by atoms with E-state index in [4.69, 9.17) is 18.6 Å². The number of hydrogen-bond donors (Lipinski definition) is 0. The molecule has 2 unspecified atom stereocenters. The maximum absolute atomic E-state index is 13.1. The molecule has 0 saturated carbocycles.